The van der Waals surface area contributed by atoms with Crippen molar-refractivity contribution in [1.82, 2.24) is 0 Å². The summed E-state index contributed by atoms with van der Waals surface area (Å²) < 4.78 is 0. The maximum absolute atomic E-state index is 9.17. The topological polar surface area (TPSA) is 20.2 Å². The Morgan fingerprint density at radius 3 is 2.58 bits per heavy atom. The highest BCUT2D eigenvalue weighted by atomic mass is 35.5. The molecule has 1 aromatic carbocycles. The average molecular weight is 223 g/mol. The van der Waals surface area contributed by atoms with Gasteiger partial charge in [-0.3, -0.25) is 0 Å². The van der Waals surface area contributed by atoms with Crippen molar-refractivity contribution in [2.24, 2.45) is 0 Å². The highest BCUT2D eigenvalue weighted by Crippen LogP contribution is 2.31. The minimum absolute atomic E-state index is 0.0338. The highest BCUT2D eigenvalue weighted by Gasteiger charge is 2.05. The first kappa shape index (κ1) is 10.0. The Bertz CT molecular complexity index is 289. The summed E-state index contributed by atoms with van der Waals surface area (Å²) in [7, 11) is 0. The van der Waals surface area contributed by atoms with Crippen LogP contribution in [0.15, 0.2) is 12.1 Å². The minimum Gasteiger partial charge on any atom is -0.506 e. The SMILES string of the molecule is CSCc1cc(Cl)c(O)cc1Cl. The van der Waals surface area contributed by atoms with Gasteiger partial charge in [0.05, 0.1) is 5.02 Å². The first-order valence-electron chi connectivity index (χ1n) is 3.31. The van der Waals surface area contributed by atoms with Gasteiger partial charge in [-0.15, -0.1) is 0 Å². The lowest BCUT2D eigenvalue weighted by molar-refractivity contribution is 0.475. The largest absolute Gasteiger partial charge is 0.506 e. The number of aromatic hydroxyl groups is 1. The fraction of sp³-hybridized carbons (Fsp3) is 0.250. The van der Waals surface area contributed by atoms with Crippen LogP contribution in [0.5, 0.6) is 5.75 Å². The van der Waals surface area contributed by atoms with E-state index in [4.69, 9.17) is 28.3 Å². The van der Waals surface area contributed by atoms with Crippen LogP contribution in [0.25, 0.3) is 0 Å². The fourth-order valence-corrected chi connectivity index (χ4v) is 1.88. The first-order valence-corrected chi connectivity index (χ1v) is 5.46. The molecule has 1 nitrogen and oxygen atoms in total. The molecular weight excluding hydrogens is 215 g/mol. The lowest BCUT2D eigenvalue weighted by atomic mass is 10.2. The summed E-state index contributed by atoms with van der Waals surface area (Å²) in [4.78, 5) is 0. The second kappa shape index (κ2) is 4.26. The van der Waals surface area contributed by atoms with E-state index in [-0.39, 0.29) is 5.75 Å². The Morgan fingerprint density at radius 2 is 2.00 bits per heavy atom. The predicted molar refractivity (Wildman–Crippen MR) is 55.3 cm³/mol. The summed E-state index contributed by atoms with van der Waals surface area (Å²) in [5, 5.41) is 10.1. The van der Waals surface area contributed by atoms with E-state index < -0.39 is 0 Å². The highest BCUT2D eigenvalue weighted by molar-refractivity contribution is 7.97. The van der Waals surface area contributed by atoms with E-state index in [0.29, 0.717) is 10.0 Å². The summed E-state index contributed by atoms with van der Waals surface area (Å²) in [5.41, 5.74) is 0.951. The van der Waals surface area contributed by atoms with E-state index >= 15 is 0 Å². The first-order chi connectivity index (χ1) is 5.65. The molecule has 0 radical (unpaired) electrons. The van der Waals surface area contributed by atoms with Crippen LogP contribution in [0, 0.1) is 0 Å². The van der Waals surface area contributed by atoms with Gasteiger partial charge in [0.1, 0.15) is 5.75 Å². The monoisotopic (exact) mass is 222 g/mol. The molecule has 0 unspecified atom stereocenters. The van der Waals surface area contributed by atoms with Crippen molar-refractivity contribution in [1.29, 1.82) is 0 Å². The molecule has 0 atom stereocenters. The van der Waals surface area contributed by atoms with Gasteiger partial charge in [-0.1, -0.05) is 23.2 Å². The van der Waals surface area contributed by atoms with Gasteiger partial charge in [-0.25, -0.2) is 0 Å². The number of hydrogen-bond acceptors (Lipinski definition) is 2. The van der Waals surface area contributed by atoms with Crippen LogP contribution in [-0.4, -0.2) is 11.4 Å². The maximum atomic E-state index is 9.17. The summed E-state index contributed by atoms with van der Waals surface area (Å²) in [6.07, 6.45) is 1.98. The van der Waals surface area contributed by atoms with E-state index in [1.165, 1.54) is 6.07 Å². The van der Waals surface area contributed by atoms with Crippen molar-refractivity contribution in [2.45, 2.75) is 5.75 Å². The molecule has 0 bridgehead atoms. The van der Waals surface area contributed by atoms with E-state index in [9.17, 15) is 0 Å². The third-order valence-electron chi connectivity index (χ3n) is 1.42. The molecule has 1 N–H and O–H groups in total. The molecule has 0 spiro atoms. The van der Waals surface area contributed by atoms with Gasteiger partial charge in [-0.2, -0.15) is 11.8 Å². The zero-order chi connectivity index (χ0) is 9.14. The molecule has 0 aliphatic carbocycles. The van der Waals surface area contributed by atoms with Crippen molar-refractivity contribution < 1.29 is 5.11 Å². The van der Waals surface area contributed by atoms with Crippen LogP contribution in [-0.2, 0) is 5.75 Å². The smallest absolute Gasteiger partial charge is 0.135 e. The molecular formula is C8H8Cl2OS. The second-order valence-corrected chi connectivity index (χ2v) is 4.01. The molecule has 4 heteroatoms. The van der Waals surface area contributed by atoms with E-state index in [1.54, 1.807) is 17.8 Å². The van der Waals surface area contributed by atoms with E-state index in [0.717, 1.165) is 11.3 Å². The summed E-state index contributed by atoms with van der Waals surface area (Å²) in [6.45, 7) is 0. The fourth-order valence-electron chi connectivity index (χ4n) is 0.844. The quantitative estimate of drug-likeness (QED) is 0.827. The van der Waals surface area contributed by atoms with E-state index in [2.05, 4.69) is 0 Å². The molecule has 0 aliphatic heterocycles. The molecule has 1 rings (SSSR count). The van der Waals surface area contributed by atoms with Crippen molar-refractivity contribution in [3.8, 4) is 5.75 Å². The molecule has 0 aliphatic rings. The van der Waals surface area contributed by atoms with Crippen LogP contribution < -0.4 is 0 Å². The molecule has 0 saturated carbocycles. The minimum atomic E-state index is 0.0338. The van der Waals surface area contributed by atoms with Crippen molar-refractivity contribution in [3.63, 3.8) is 0 Å². The zero-order valence-corrected chi connectivity index (χ0v) is 8.80. The van der Waals surface area contributed by atoms with Gasteiger partial charge < -0.3 is 5.11 Å². The number of rotatable bonds is 2. The Kier molecular flexibility index (Phi) is 3.56. The Labute approximate surface area is 85.7 Å². The summed E-state index contributed by atoms with van der Waals surface area (Å²) in [6, 6.07) is 3.16. The maximum Gasteiger partial charge on any atom is 0.135 e. The van der Waals surface area contributed by atoms with Crippen molar-refractivity contribution >= 4 is 35.0 Å². The lowest BCUT2D eigenvalue weighted by Gasteiger charge is -2.04. The molecule has 12 heavy (non-hydrogen) atoms. The number of thioether (sulfide) groups is 1. The second-order valence-electron chi connectivity index (χ2n) is 2.33. The molecule has 0 aromatic heterocycles. The number of hydrogen-bond donors (Lipinski definition) is 1. The van der Waals surface area contributed by atoms with Gasteiger partial charge >= 0.3 is 0 Å². The molecule has 0 amide bonds. The van der Waals surface area contributed by atoms with Gasteiger partial charge in [0, 0.05) is 16.8 Å². The Morgan fingerprint density at radius 1 is 1.33 bits per heavy atom. The van der Waals surface area contributed by atoms with Crippen molar-refractivity contribution in [2.75, 3.05) is 6.26 Å². The molecule has 0 saturated heterocycles. The van der Waals surface area contributed by atoms with Crippen LogP contribution in [0.4, 0.5) is 0 Å². The van der Waals surface area contributed by atoms with Crippen LogP contribution in [0.3, 0.4) is 0 Å². The summed E-state index contributed by atoms with van der Waals surface area (Å²) in [5.74, 6) is 0.838. The Balaban J connectivity index is 3.05. The zero-order valence-electron chi connectivity index (χ0n) is 6.47. The van der Waals surface area contributed by atoms with E-state index in [1.807, 2.05) is 6.26 Å². The third-order valence-corrected chi connectivity index (χ3v) is 2.67. The van der Waals surface area contributed by atoms with Gasteiger partial charge in [0.15, 0.2) is 0 Å². The Hall–Kier alpha value is -0.0500. The predicted octanol–water partition coefficient (Wildman–Crippen LogP) is 3.56. The van der Waals surface area contributed by atoms with Gasteiger partial charge in [0.25, 0.3) is 0 Å². The number of phenols is 1. The molecule has 0 fully saturated rings. The van der Waals surface area contributed by atoms with Gasteiger partial charge in [-0.05, 0) is 17.9 Å². The van der Waals surface area contributed by atoms with Gasteiger partial charge in [0.2, 0.25) is 0 Å². The van der Waals surface area contributed by atoms with Crippen LogP contribution >= 0.6 is 35.0 Å². The standard InChI is InChI=1S/C8H8Cl2OS/c1-12-4-5-2-7(10)8(11)3-6(5)9/h2-3,11H,4H2,1H3. The number of benzene rings is 1. The number of phenolic OH excluding ortho intramolecular Hbond substituents is 1. The van der Waals surface area contributed by atoms with Crippen LogP contribution in [0.1, 0.15) is 5.56 Å². The molecule has 66 valence electrons. The normalized spacial score (nSPS) is 10.2. The third kappa shape index (κ3) is 2.22. The lowest BCUT2D eigenvalue weighted by Crippen LogP contribution is -1.82. The van der Waals surface area contributed by atoms with Crippen molar-refractivity contribution in [3.05, 3.63) is 27.7 Å². The molecule has 0 heterocycles. The summed E-state index contributed by atoms with van der Waals surface area (Å²) >= 11 is 13.2. The molecule has 1 aromatic rings. The number of halogens is 2. The van der Waals surface area contributed by atoms with Crippen LogP contribution in [0.2, 0.25) is 10.0 Å². The average Bonchev–Trinajstić information content (AvgIpc) is 2.01.